The topological polar surface area (TPSA) is 57.5 Å². The number of hydrogen-bond acceptors (Lipinski definition) is 3. The van der Waals surface area contributed by atoms with E-state index in [9.17, 15) is 15.0 Å². The van der Waals surface area contributed by atoms with Gasteiger partial charge in [0.05, 0.1) is 6.10 Å². The van der Waals surface area contributed by atoms with E-state index in [4.69, 9.17) is 0 Å². The van der Waals surface area contributed by atoms with E-state index in [-0.39, 0.29) is 40.8 Å². The second kappa shape index (κ2) is 7.60. The summed E-state index contributed by atoms with van der Waals surface area (Å²) >= 11 is 0. The molecule has 0 heterocycles. The molecule has 29 heavy (non-hydrogen) atoms. The second-order valence-corrected chi connectivity index (χ2v) is 10.7. The molecule has 0 bridgehead atoms. The van der Waals surface area contributed by atoms with E-state index in [1.807, 2.05) is 0 Å². The number of aliphatic hydroxyl groups excluding tert-OH is 2. The highest BCUT2D eigenvalue weighted by Gasteiger charge is 2.63. The molecular weight excluding hydrogens is 367 g/mol. The van der Waals surface area contributed by atoms with Crippen molar-refractivity contribution in [3.63, 3.8) is 0 Å². The largest absolute Gasteiger partial charge is 0.393 e. The van der Waals surface area contributed by atoms with Gasteiger partial charge in [0.15, 0.2) is 5.78 Å². The third-order valence-electron chi connectivity index (χ3n) is 9.11. The summed E-state index contributed by atoms with van der Waals surface area (Å²) in [5, 5.41) is 21.1. The molecule has 4 rings (SSSR count). The highest BCUT2D eigenvalue weighted by Crippen LogP contribution is 2.66. The lowest BCUT2D eigenvalue weighted by Gasteiger charge is -2.55. The Hall–Kier alpha value is -1.00. The highest BCUT2D eigenvalue weighted by atomic mass is 19.1. The van der Waals surface area contributed by atoms with Crippen molar-refractivity contribution in [3.8, 4) is 0 Å². The SMILES string of the molecule is C[C@@H]1C[C@H]2[C@H]3CC[C@H](F)/C4=C/CCC/C=C\[C@]4(C)[C@H]3[C@@H](O)C[C@]2(C)[C@H]1C(=O)CO. The molecule has 0 aliphatic heterocycles. The van der Waals surface area contributed by atoms with Gasteiger partial charge in [-0.05, 0) is 73.7 Å². The number of allylic oxidation sites excluding steroid dienone is 4. The monoisotopic (exact) mass is 404 g/mol. The van der Waals surface area contributed by atoms with Crippen molar-refractivity contribution >= 4 is 5.78 Å². The Morgan fingerprint density at radius 1 is 1.28 bits per heavy atom. The molecule has 4 aliphatic rings. The fourth-order valence-corrected chi connectivity index (χ4v) is 8.15. The minimum Gasteiger partial charge on any atom is -0.393 e. The van der Waals surface area contributed by atoms with E-state index in [1.165, 1.54) is 0 Å². The summed E-state index contributed by atoms with van der Waals surface area (Å²) in [6, 6.07) is 0. The van der Waals surface area contributed by atoms with Crippen molar-refractivity contribution in [1.82, 2.24) is 0 Å². The van der Waals surface area contributed by atoms with Crippen LogP contribution in [0.3, 0.4) is 0 Å². The van der Waals surface area contributed by atoms with Crippen LogP contribution < -0.4 is 0 Å². The second-order valence-electron chi connectivity index (χ2n) is 10.7. The van der Waals surface area contributed by atoms with Crippen molar-refractivity contribution < 1.29 is 19.4 Å². The first kappa shape index (κ1) is 21.2. The summed E-state index contributed by atoms with van der Waals surface area (Å²) in [4.78, 5) is 12.6. The van der Waals surface area contributed by atoms with Crippen LogP contribution in [0.15, 0.2) is 23.8 Å². The first-order valence-corrected chi connectivity index (χ1v) is 11.6. The summed E-state index contributed by atoms with van der Waals surface area (Å²) in [5.41, 5.74) is 0.0867. The number of carbonyl (C=O) groups is 1. The maximum atomic E-state index is 15.4. The van der Waals surface area contributed by atoms with Gasteiger partial charge >= 0.3 is 0 Å². The number of rotatable bonds is 2. The molecular formula is C25H37FO3. The van der Waals surface area contributed by atoms with Crippen LogP contribution in [0.25, 0.3) is 0 Å². The van der Waals surface area contributed by atoms with Crippen LogP contribution >= 0.6 is 0 Å². The lowest BCUT2D eigenvalue weighted by molar-refractivity contribution is -0.139. The van der Waals surface area contributed by atoms with Gasteiger partial charge in [-0.3, -0.25) is 4.79 Å². The van der Waals surface area contributed by atoms with Crippen LogP contribution in [0.5, 0.6) is 0 Å². The normalized spacial score (nSPS) is 52.6. The Bertz CT molecular complexity index is 715. The third kappa shape index (κ3) is 3.17. The molecule has 0 aromatic rings. The van der Waals surface area contributed by atoms with Gasteiger partial charge in [-0.1, -0.05) is 39.0 Å². The molecule has 9 atom stereocenters. The maximum absolute atomic E-state index is 15.4. The zero-order valence-corrected chi connectivity index (χ0v) is 18.1. The average molecular weight is 405 g/mol. The molecule has 162 valence electrons. The van der Waals surface area contributed by atoms with Crippen LogP contribution in [0.4, 0.5) is 4.39 Å². The van der Waals surface area contributed by atoms with Gasteiger partial charge < -0.3 is 10.2 Å². The lowest BCUT2D eigenvalue weighted by Crippen LogP contribution is -2.54. The molecule has 0 radical (unpaired) electrons. The number of ketones is 1. The highest BCUT2D eigenvalue weighted by molar-refractivity contribution is 5.83. The molecule has 0 amide bonds. The minimum atomic E-state index is -0.958. The van der Waals surface area contributed by atoms with Crippen LogP contribution in [0.1, 0.15) is 65.7 Å². The summed E-state index contributed by atoms with van der Waals surface area (Å²) < 4.78 is 15.4. The van der Waals surface area contributed by atoms with Crippen LogP contribution in [0, 0.1) is 40.4 Å². The first-order chi connectivity index (χ1) is 13.7. The summed E-state index contributed by atoms with van der Waals surface area (Å²) in [6.45, 7) is 5.96. The van der Waals surface area contributed by atoms with Gasteiger partial charge in [0.1, 0.15) is 12.8 Å². The minimum absolute atomic E-state index is 0.0166. The van der Waals surface area contributed by atoms with E-state index >= 15 is 4.39 Å². The van der Waals surface area contributed by atoms with Crippen LogP contribution in [0.2, 0.25) is 0 Å². The fourth-order valence-electron chi connectivity index (χ4n) is 8.15. The van der Waals surface area contributed by atoms with E-state index in [0.717, 1.165) is 37.7 Å². The van der Waals surface area contributed by atoms with E-state index in [2.05, 4.69) is 39.0 Å². The molecule has 4 heteroatoms. The van der Waals surface area contributed by atoms with E-state index < -0.39 is 24.3 Å². The molecule has 2 N–H and O–H groups in total. The van der Waals surface area contributed by atoms with Gasteiger partial charge in [0.25, 0.3) is 0 Å². The summed E-state index contributed by atoms with van der Waals surface area (Å²) in [6.07, 6.45) is 10.7. The Kier molecular flexibility index (Phi) is 5.57. The van der Waals surface area contributed by atoms with Crippen molar-refractivity contribution in [2.75, 3.05) is 6.61 Å². The van der Waals surface area contributed by atoms with Gasteiger partial charge in [0.2, 0.25) is 0 Å². The average Bonchev–Trinajstić information content (AvgIpc) is 2.85. The van der Waals surface area contributed by atoms with Gasteiger partial charge in [-0.15, -0.1) is 0 Å². The van der Waals surface area contributed by atoms with Crippen molar-refractivity contribution in [1.29, 1.82) is 0 Å². The predicted molar refractivity (Wildman–Crippen MR) is 112 cm³/mol. The third-order valence-corrected chi connectivity index (χ3v) is 9.11. The van der Waals surface area contributed by atoms with Crippen molar-refractivity contribution in [2.45, 2.75) is 78.0 Å². The maximum Gasteiger partial charge on any atom is 0.162 e. The molecule has 4 aliphatic carbocycles. The molecule has 3 saturated carbocycles. The van der Waals surface area contributed by atoms with E-state index in [0.29, 0.717) is 12.8 Å². The molecule has 0 unspecified atom stereocenters. The Morgan fingerprint density at radius 2 is 2.03 bits per heavy atom. The number of fused-ring (bicyclic) bond motifs is 5. The standard InChI is InChI=1S/C25H37FO3/c1-15-12-18-16-9-10-19(26)17-8-6-4-5-7-11-24(17,2)23(16)20(28)13-25(18,3)22(15)21(29)14-27/h7-8,11,15-16,18-20,22-23,27-28H,4-6,9-10,12-14H2,1-3H3/b11-7-,17-8-/t15-,16-,18+,19+,20+,22-,23-,24+,25+/m1/s1. The number of hydrogen-bond donors (Lipinski definition) is 2. The number of aliphatic hydroxyl groups is 2. The molecule has 0 aromatic carbocycles. The Balaban J connectivity index is 1.79. The van der Waals surface area contributed by atoms with Crippen LogP contribution in [-0.4, -0.2) is 34.9 Å². The van der Waals surface area contributed by atoms with Gasteiger partial charge in [0, 0.05) is 17.3 Å². The number of carbonyl (C=O) groups excluding carboxylic acids is 1. The molecule has 0 aromatic heterocycles. The molecule has 3 fully saturated rings. The summed E-state index contributed by atoms with van der Waals surface area (Å²) in [7, 11) is 0. The quantitative estimate of drug-likeness (QED) is 0.660. The van der Waals surface area contributed by atoms with Gasteiger partial charge in [-0.25, -0.2) is 4.39 Å². The zero-order valence-electron chi connectivity index (χ0n) is 18.1. The van der Waals surface area contributed by atoms with Crippen molar-refractivity contribution in [2.24, 2.45) is 40.4 Å². The molecule has 0 saturated heterocycles. The number of Topliss-reactive ketones (excluding diaryl/α,β-unsaturated/α-hetero) is 1. The zero-order chi connectivity index (χ0) is 21.0. The molecule has 0 spiro atoms. The smallest absolute Gasteiger partial charge is 0.162 e. The van der Waals surface area contributed by atoms with E-state index in [1.54, 1.807) is 0 Å². The Labute approximate surface area is 174 Å². The molecule has 3 nitrogen and oxygen atoms in total. The fraction of sp³-hybridized carbons (Fsp3) is 0.800. The predicted octanol–water partition coefficient (Wildman–Crippen LogP) is 4.63. The number of alkyl halides is 1. The summed E-state index contributed by atoms with van der Waals surface area (Å²) in [5.74, 6) is 0.346. The first-order valence-electron chi connectivity index (χ1n) is 11.6. The van der Waals surface area contributed by atoms with Gasteiger partial charge in [-0.2, -0.15) is 0 Å². The lowest BCUT2D eigenvalue weighted by atomic mass is 9.50. The van der Waals surface area contributed by atoms with Crippen LogP contribution in [-0.2, 0) is 4.79 Å². The van der Waals surface area contributed by atoms with Crippen molar-refractivity contribution in [3.05, 3.63) is 23.8 Å². The number of halogens is 1. The Morgan fingerprint density at radius 3 is 2.76 bits per heavy atom.